The molecule has 94 valence electrons. The van der Waals surface area contributed by atoms with Gasteiger partial charge in [0, 0.05) is 12.5 Å². The van der Waals surface area contributed by atoms with Gasteiger partial charge in [0.2, 0.25) is 0 Å². The second-order valence-electron chi connectivity index (χ2n) is 3.55. The molecular weight excluding hydrogens is 248 g/mol. The van der Waals surface area contributed by atoms with Crippen LogP contribution < -0.4 is 0 Å². The summed E-state index contributed by atoms with van der Waals surface area (Å²) in [6.45, 7) is 3.34. The summed E-state index contributed by atoms with van der Waals surface area (Å²) in [5, 5.41) is 0.0457. The molecule has 1 aromatic rings. The van der Waals surface area contributed by atoms with E-state index < -0.39 is 0 Å². The van der Waals surface area contributed by atoms with Gasteiger partial charge in [-0.2, -0.15) is 0 Å². The molecule has 3 nitrogen and oxygen atoms in total. The molecule has 0 unspecified atom stereocenters. The van der Waals surface area contributed by atoms with Gasteiger partial charge in [0.25, 0.3) is 0 Å². The molecule has 0 N–H and O–H groups in total. The number of hydrogen-bond acceptors (Lipinski definition) is 4. The molecule has 18 heavy (non-hydrogen) atoms. The Bertz CT molecular complexity index is 524. The van der Waals surface area contributed by atoms with Crippen molar-refractivity contribution in [2.75, 3.05) is 12.9 Å². The number of hydrogen-bond donors (Lipinski definition) is 0. The average molecular weight is 262 g/mol. The van der Waals surface area contributed by atoms with Crippen molar-refractivity contribution >= 4 is 22.8 Å². The number of carbonyl (C=O) groups excluding carboxylic acids is 2. The van der Waals surface area contributed by atoms with Crippen molar-refractivity contribution in [3.8, 4) is 11.8 Å². The molecule has 0 bridgehead atoms. The maximum Gasteiger partial charge on any atom is 0.338 e. The van der Waals surface area contributed by atoms with E-state index in [0.29, 0.717) is 11.3 Å². The SMILES string of the molecule is COC(=O)c1cccc(C#CCSC(C)=O)c1C. The highest BCUT2D eigenvalue weighted by Gasteiger charge is 2.10. The van der Waals surface area contributed by atoms with Crippen molar-refractivity contribution < 1.29 is 14.3 Å². The zero-order valence-corrected chi connectivity index (χ0v) is 11.4. The van der Waals surface area contributed by atoms with Crippen molar-refractivity contribution in [3.63, 3.8) is 0 Å². The lowest BCUT2D eigenvalue weighted by molar-refractivity contribution is -0.109. The van der Waals surface area contributed by atoms with Gasteiger partial charge in [-0.15, -0.1) is 0 Å². The van der Waals surface area contributed by atoms with Crippen LogP contribution in [-0.2, 0) is 9.53 Å². The molecule has 0 radical (unpaired) electrons. The maximum atomic E-state index is 11.5. The van der Waals surface area contributed by atoms with Crippen molar-refractivity contribution in [3.05, 3.63) is 34.9 Å². The first-order valence-corrected chi connectivity index (χ1v) is 6.35. The Morgan fingerprint density at radius 3 is 2.72 bits per heavy atom. The first-order valence-electron chi connectivity index (χ1n) is 5.36. The number of thioether (sulfide) groups is 1. The summed E-state index contributed by atoms with van der Waals surface area (Å²) in [5.41, 5.74) is 2.09. The van der Waals surface area contributed by atoms with Crippen molar-refractivity contribution in [2.45, 2.75) is 13.8 Å². The van der Waals surface area contributed by atoms with Crippen molar-refractivity contribution in [1.29, 1.82) is 0 Å². The van der Waals surface area contributed by atoms with E-state index in [0.717, 1.165) is 11.1 Å². The maximum absolute atomic E-state index is 11.5. The third-order valence-corrected chi connectivity index (χ3v) is 3.00. The van der Waals surface area contributed by atoms with Crippen LogP contribution in [0.25, 0.3) is 0 Å². The van der Waals surface area contributed by atoms with Crippen LogP contribution in [0.15, 0.2) is 18.2 Å². The summed E-state index contributed by atoms with van der Waals surface area (Å²) < 4.78 is 4.69. The number of methoxy groups -OCH3 is 1. The fourth-order valence-electron chi connectivity index (χ4n) is 1.37. The van der Waals surface area contributed by atoms with Crippen LogP contribution in [0.1, 0.15) is 28.4 Å². The molecule has 0 amide bonds. The molecule has 1 rings (SSSR count). The van der Waals surface area contributed by atoms with E-state index in [4.69, 9.17) is 4.74 Å². The number of ether oxygens (including phenoxy) is 1. The molecule has 0 aliphatic carbocycles. The predicted octanol–water partition coefficient (Wildman–Crippen LogP) is 2.41. The van der Waals surface area contributed by atoms with E-state index in [1.165, 1.54) is 25.8 Å². The van der Waals surface area contributed by atoms with Crippen molar-refractivity contribution in [2.24, 2.45) is 0 Å². The second-order valence-corrected chi connectivity index (χ2v) is 4.70. The van der Waals surface area contributed by atoms with E-state index >= 15 is 0 Å². The lowest BCUT2D eigenvalue weighted by Gasteiger charge is -2.05. The van der Waals surface area contributed by atoms with E-state index in [-0.39, 0.29) is 11.1 Å². The standard InChI is InChI=1S/C14H14O3S/c1-10-12(7-5-9-18-11(2)15)6-4-8-13(10)14(16)17-3/h4,6,8H,9H2,1-3H3. The minimum Gasteiger partial charge on any atom is -0.465 e. The zero-order chi connectivity index (χ0) is 13.5. The Labute approximate surface area is 111 Å². The molecule has 0 fully saturated rings. The third kappa shape index (κ3) is 3.94. The number of carbonyl (C=O) groups is 2. The van der Waals surface area contributed by atoms with Gasteiger partial charge in [-0.25, -0.2) is 4.79 Å². The first-order chi connectivity index (χ1) is 8.56. The van der Waals surface area contributed by atoms with E-state index in [9.17, 15) is 9.59 Å². The van der Waals surface area contributed by atoms with Crippen LogP contribution in [0.3, 0.4) is 0 Å². The Hall–Kier alpha value is -1.73. The Morgan fingerprint density at radius 1 is 1.39 bits per heavy atom. The van der Waals surface area contributed by atoms with Gasteiger partial charge in [-0.1, -0.05) is 29.7 Å². The van der Waals surface area contributed by atoms with Crippen LogP contribution in [-0.4, -0.2) is 23.9 Å². The van der Waals surface area contributed by atoms with Gasteiger partial charge in [0.05, 0.1) is 18.4 Å². The van der Waals surface area contributed by atoms with E-state index in [1.54, 1.807) is 12.1 Å². The Morgan fingerprint density at radius 2 is 2.11 bits per heavy atom. The zero-order valence-electron chi connectivity index (χ0n) is 10.6. The van der Waals surface area contributed by atoms with Gasteiger partial charge in [0.1, 0.15) is 0 Å². The van der Waals surface area contributed by atoms with Gasteiger partial charge in [-0.3, -0.25) is 4.79 Å². The molecule has 0 saturated heterocycles. The monoisotopic (exact) mass is 262 g/mol. The number of rotatable bonds is 2. The summed E-state index contributed by atoms with van der Waals surface area (Å²) >= 11 is 1.17. The lowest BCUT2D eigenvalue weighted by Crippen LogP contribution is -2.04. The van der Waals surface area contributed by atoms with Gasteiger partial charge in [0.15, 0.2) is 5.12 Å². The molecule has 0 aromatic heterocycles. The smallest absolute Gasteiger partial charge is 0.338 e. The van der Waals surface area contributed by atoms with Crippen molar-refractivity contribution in [1.82, 2.24) is 0 Å². The molecule has 4 heteroatoms. The fourth-order valence-corrected chi connectivity index (χ4v) is 1.72. The lowest BCUT2D eigenvalue weighted by atomic mass is 10.0. The first kappa shape index (κ1) is 14.3. The Kier molecular flexibility index (Phi) is 5.47. The van der Waals surface area contributed by atoms with Gasteiger partial charge >= 0.3 is 5.97 Å². The number of benzene rings is 1. The van der Waals surface area contributed by atoms with Crippen LogP contribution in [0.2, 0.25) is 0 Å². The summed E-state index contributed by atoms with van der Waals surface area (Å²) in [6, 6.07) is 5.31. The van der Waals surface area contributed by atoms with E-state index in [2.05, 4.69) is 11.8 Å². The predicted molar refractivity (Wildman–Crippen MR) is 72.5 cm³/mol. The molecule has 1 aromatic carbocycles. The second kappa shape index (κ2) is 6.87. The fraction of sp³-hybridized carbons (Fsp3) is 0.286. The Balaban J connectivity index is 2.90. The highest BCUT2D eigenvalue weighted by molar-refractivity contribution is 8.13. The largest absolute Gasteiger partial charge is 0.465 e. The van der Waals surface area contributed by atoms with Gasteiger partial charge < -0.3 is 4.74 Å². The van der Waals surface area contributed by atoms with Crippen LogP contribution in [0.5, 0.6) is 0 Å². The van der Waals surface area contributed by atoms with Crippen LogP contribution >= 0.6 is 11.8 Å². The summed E-state index contributed by atoms with van der Waals surface area (Å²) in [7, 11) is 1.35. The van der Waals surface area contributed by atoms with Gasteiger partial charge in [-0.05, 0) is 24.6 Å². The highest BCUT2D eigenvalue weighted by atomic mass is 32.2. The summed E-state index contributed by atoms with van der Waals surface area (Å²) in [4.78, 5) is 22.2. The quantitative estimate of drug-likeness (QED) is 0.606. The molecule has 0 aliphatic heterocycles. The minimum atomic E-state index is -0.366. The molecule has 0 saturated carbocycles. The topological polar surface area (TPSA) is 43.4 Å². The molecule has 0 heterocycles. The highest BCUT2D eigenvalue weighted by Crippen LogP contribution is 2.13. The molecular formula is C14H14O3S. The van der Waals surface area contributed by atoms with E-state index in [1.807, 2.05) is 13.0 Å². The minimum absolute atomic E-state index is 0.0457. The van der Waals surface area contributed by atoms with Crippen LogP contribution in [0, 0.1) is 18.8 Å². The summed E-state index contributed by atoms with van der Waals surface area (Å²) in [5.74, 6) is 5.94. The third-order valence-electron chi connectivity index (χ3n) is 2.31. The molecule has 0 spiro atoms. The van der Waals surface area contributed by atoms with Crippen LogP contribution in [0.4, 0.5) is 0 Å². The molecule has 0 aliphatic rings. The number of esters is 1. The average Bonchev–Trinajstić information content (AvgIpc) is 2.35. The molecule has 0 atom stereocenters. The summed E-state index contributed by atoms with van der Waals surface area (Å²) in [6.07, 6.45) is 0. The normalized spacial score (nSPS) is 9.28.